The van der Waals surface area contributed by atoms with Gasteiger partial charge in [0.2, 0.25) is 5.91 Å². The first-order valence-electron chi connectivity index (χ1n) is 12.0. The van der Waals surface area contributed by atoms with E-state index in [4.69, 9.17) is 4.74 Å². The molecule has 0 saturated carbocycles. The maximum Gasteiger partial charge on any atom is 0.389 e. The van der Waals surface area contributed by atoms with Crippen molar-refractivity contribution in [2.75, 3.05) is 45.9 Å². The minimum absolute atomic E-state index is 0.0263. The van der Waals surface area contributed by atoms with Gasteiger partial charge >= 0.3 is 6.18 Å². The van der Waals surface area contributed by atoms with Crippen molar-refractivity contribution in [1.82, 2.24) is 19.6 Å². The van der Waals surface area contributed by atoms with Gasteiger partial charge in [-0.2, -0.15) is 18.3 Å². The third-order valence-corrected chi connectivity index (χ3v) is 7.10. The number of carbonyl (C=O) groups is 2. The van der Waals surface area contributed by atoms with Crippen LogP contribution in [0.1, 0.15) is 48.3 Å². The van der Waals surface area contributed by atoms with Gasteiger partial charge in [-0.05, 0) is 32.4 Å². The molecule has 8 nitrogen and oxygen atoms in total. The molecule has 188 valence electrons. The van der Waals surface area contributed by atoms with Gasteiger partial charge in [0.1, 0.15) is 0 Å². The van der Waals surface area contributed by atoms with Gasteiger partial charge in [0, 0.05) is 44.8 Å². The molecule has 1 unspecified atom stereocenters. The van der Waals surface area contributed by atoms with Gasteiger partial charge in [-0.3, -0.25) is 19.2 Å². The second-order valence-corrected chi connectivity index (χ2v) is 9.50. The molecule has 2 atom stereocenters. The van der Waals surface area contributed by atoms with Crippen molar-refractivity contribution in [2.24, 2.45) is 10.9 Å². The van der Waals surface area contributed by atoms with Gasteiger partial charge in [-0.15, -0.1) is 0 Å². The molecular formula is C24H28F3N5O3. The van der Waals surface area contributed by atoms with Gasteiger partial charge < -0.3 is 9.64 Å². The molecule has 0 bridgehead atoms. The number of halogens is 3. The number of alkyl halides is 3. The number of piperazine rings is 1. The van der Waals surface area contributed by atoms with Crippen molar-refractivity contribution in [3.05, 3.63) is 35.2 Å². The van der Waals surface area contributed by atoms with E-state index in [2.05, 4.69) is 10.1 Å². The van der Waals surface area contributed by atoms with Crippen LogP contribution in [0.2, 0.25) is 0 Å². The topological polar surface area (TPSA) is 80.0 Å². The molecule has 2 fully saturated rings. The monoisotopic (exact) mass is 491 g/mol. The van der Waals surface area contributed by atoms with Crippen LogP contribution in [-0.2, 0) is 9.53 Å². The van der Waals surface area contributed by atoms with Gasteiger partial charge in [-0.25, -0.2) is 4.99 Å². The number of aliphatic imine (C=N–C) groups is 1. The van der Waals surface area contributed by atoms with Gasteiger partial charge in [0.15, 0.2) is 0 Å². The van der Waals surface area contributed by atoms with Crippen molar-refractivity contribution in [1.29, 1.82) is 0 Å². The van der Waals surface area contributed by atoms with E-state index < -0.39 is 18.5 Å². The van der Waals surface area contributed by atoms with Crippen LogP contribution in [0.4, 0.5) is 13.2 Å². The molecule has 0 aromatic carbocycles. The molecule has 1 aromatic heterocycles. The molecule has 35 heavy (non-hydrogen) atoms. The van der Waals surface area contributed by atoms with Gasteiger partial charge in [0.25, 0.3) is 5.91 Å². The quantitative estimate of drug-likeness (QED) is 0.633. The van der Waals surface area contributed by atoms with Crippen LogP contribution in [-0.4, -0.2) is 89.2 Å². The van der Waals surface area contributed by atoms with E-state index >= 15 is 0 Å². The zero-order valence-corrected chi connectivity index (χ0v) is 19.6. The Hall–Kier alpha value is -2.79. The van der Waals surface area contributed by atoms with E-state index in [1.165, 1.54) is 6.20 Å². The highest BCUT2D eigenvalue weighted by molar-refractivity contribution is 6.36. The number of hydrogen-bond donors (Lipinski definition) is 0. The molecular weight excluding hydrogens is 463 g/mol. The summed E-state index contributed by atoms with van der Waals surface area (Å²) in [6.07, 6.45) is 1.16. The normalized spacial score (nSPS) is 25.1. The largest absolute Gasteiger partial charge is 0.389 e. The maximum absolute atomic E-state index is 13.5. The van der Waals surface area contributed by atoms with Crippen LogP contribution < -0.4 is 0 Å². The van der Waals surface area contributed by atoms with E-state index in [1.54, 1.807) is 11.0 Å². The fourth-order valence-electron chi connectivity index (χ4n) is 5.17. The molecule has 1 aliphatic carbocycles. The lowest BCUT2D eigenvalue weighted by Gasteiger charge is -2.37. The zero-order chi connectivity index (χ0) is 24.7. The Kier molecular flexibility index (Phi) is 6.39. The maximum atomic E-state index is 13.5. The van der Waals surface area contributed by atoms with Crippen LogP contribution >= 0.6 is 0 Å². The van der Waals surface area contributed by atoms with Crippen molar-refractivity contribution in [3.63, 3.8) is 0 Å². The summed E-state index contributed by atoms with van der Waals surface area (Å²) in [7, 11) is 0. The molecule has 0 N–H and O–H groups in total. The summed E-state index contributed by atoms with van der Waals surface area (Å²) in [6.45, 7) is 5.43. The number of hydrogen-bond acceptors (Lipinski definition) is 5. The number of rotatable bonds is 5. The molecule has 2 saturated heterocycles. The molecule has 0 spiro atoms. The van der Waals surface area contributed by atoms with Crippen molar-refractivity contribution < 1.29 is 27.5 Å². The highest BCUT2D eigenvalue weighted by Gasteiger charge is 2.37. The van der Waals surface area contributed by atoms with Crippen LogP contribution in [0.15, 0.2) is 28.9 Å². The van der Waals surface area contributed by atoms with Crippen molar-refractivity contribution >= 4 is 23.1 Å². The molecule has 2 amide bonds. The van der Waals surface area contributed by atoms with E-state index in [1.807, 2.05) is 22.6 Å². The predicted octanol–water partition coefficient (Wildman–Crippen LogP) is 2.89. The van der Waals surface area contributed by atoms with Crippen LogP contribution in [0, 0.1) is 5.92 Å². The first-order chi connectivity index (χ1) is 16.7. The summed E-state index contributed by atoms with van der Waals surface area (Å²) >= 11 is 0. The van der Waals surface area contributed by atoms with Crippen LogP contribution in [0.3, 0.4) is 0 Å². The third-order valence-electron chi connectivity index (χ3n) is 7.10. The standard InChI is InChI=1S/C24H28F3N5O3/c1-15-11-20-18(21-19(22(33)29-20)13-28-32(21)16-3-10-35-14-16)12-17(15)23(34)31-8-6-30(7-9-31)5-2-4-24(25,26)27/h11-13,16-17H,2-10,14H2,1H3/t16-,17?/m0/s1. The number of aromatic nitrogens is 2. The summed E-state index contributed by atoms with van der Waals surface area (Å²) in [5.74, 6) is -0.883. The minimum Gasteiger partial charge on any atom is -0.379 e. The van der Waals surface area contributed by atoms with Gasteiger partial charge in [-0.1, -0.05) is 11.6 Å². The Morgan fingerprint density at radius 2 is 2.00 bits per heavy atom. The molecule has 4 aliphatic rings. The Morgan fingerprint density at radius 1 is 1.23 bits per heavy atom. The number of fused-ring (bicyclic) bond motifs is 3. The fourth-order valence-corrected chi connectivity index (χ4v) is 5.17. The lowest BCUT2D eigenvalue weighted by molar-refractivity contribution is -0.137. The summed E-state index contributed by atoms with van der Waals surface area (Å²) in [4.78, 5) is 34.1. The lowest BCUT2D eigenvalue weighted by atomic mass is 9.84. The van der Waals surface area contributed by atoms with Crippen molar-refractivity contribution in [2.45, 2.75) is 38.4 Å². The highest BCUT2D eigenvalue weighted by atomic mass is 19.4. The summed E-state index contributed by atoms with van der Waals surface area (Å²) in [6, 6.07) is 0.0263. The average Bonchev–Trinajstić information content (AvgIpc) is 3.48. The van der Waals surface area contributed by atoms with Gasteiger partial charge in [0.05, 0.1) is 41.7 Å². The summed E-state index contributed by atoms with van der Waals surface area (Å²) in [5, 5.41) is 4.46. The number of amides is 2. The number of carbonyl (C=O) groups excluding carboxylic acids is 2. The zero-order valence-electron chi connectivity index (χ0n) is 19.6. The highest BCUT2D eigenvalue weighted by Crippen LogP contribution is 2.36. The van der Waals surface area contributed by atoms with Crippen LogP contribution in [0.25, 0.3) is 5.57 Å². The fraction of sp³-hybridized carbons (Fsp3) is 0.583. The SMILES string of the molecule is CC1=CC2=NC(=O)c3cnn([C@H]4CCOC4)c3C2=CC1C(=O)N1CCN(CCCC(F)(F)F)CC1. The number of nitrogens with zero attached hydrogens (tertiary/aromatic N) is 5. The first-order valence-corrected chi connectivity index (χ1v) is 12.0. The Morgan fingerprint density at radius 3 is 2.69 bits per heavy atom. The molecule has 1 aromatic rings. The number of allylic oxidation sites excluding steroid dienone is 2. The second-order valence-electron chi connectivity index (χ2n) is 9.50. The Balaban J connectivity index is 1.31. The molecule has 4 heterocycles. The van der Waals surface area contributed by atoms with E-state index in [9.17, 15) is 22.8 Å². The smallest absolute Gasteiger partial charge is 0.379 e. The number of ether oxygens (including phenoxy) is 1. The Bertz CT molecular complexity index is 1110. The average molecular weight is 492 g/mol. The molecule has 0 radical (unpaired) electrons. The third kappa shape index (κ3) is 4.84. The van der Waals surface area contributed by atoms with Crippen molar-refractivity contribution in [3.8, 4) is 0 Å². The van der Waals surface area contributed by atoms with E-state index in [-0.39, 0.29) is 24.3 Å². The molecule has 11 heteroatoms. The minimum atomic E-state index is -4.14. The predicted molar refractivity (Wildman–Crippen MR) is 122 cm³/mol. The molecule has 5 rings (SSSR count). The lowest BCUT2D eigenvalue weighted by Crippen LogP contribution is -2.50. The molecule has 3 aliphatic heterocycles. The first kappa shape index (κ1) is 23.9. The van der Waals surface area contributed by atoms with E-state index in [0.29, 0.717) is 62.9 Å². The summed E-state index contributed by atoms with van der Waals surface area (Å²) < 4.78 is 44.6. The Labute approximate surface area is 201 Å². The summed E-state index contributed by atoms with van der Waals surface area (Å²) in [5.41, 5.74) is 3.19. The second kappa shape index (κ2) is 9.34. The van der Waals surface area contributed by atoms with Crippen LogP contribution in [0.5, 0.6) is 0 Å². The van der Waals surface area contributed by atoms with E-state index in [0.717, 1.165) is 17.6 Å².